The summed E-state index contributed by atoms with van der Waals surface area (Å²) >= 11 is 0. The maximum absolute atomic E-state index is 13.5. The predicted molar refractivity (Wildman–Crippen MR) is 77.5 cm³/mol. The highest BCUT2D eigenvalue weighted by atomic mass is 19.1. The highest BCUT2D eigenvalue weighted by Gasteiger charge is 2.59. The Morgan fingerprint density at radius 3 is 2.58 bits per heavy atom. The third-order valence-electron chi connectivity index (χ3n) is 5.50. The van der Waals surface area contributed by atoms with Crippen molar-refractivity contribution in [1.29, 1.82) is 0 Å². The van der Waals surface area contributed by atoms with Crippen molar-refractivity contribution in [1.82, 2.24) is 0 Å². The zero-order valence-corrected chi connectivity index (χ0v) is 12.0. The van der Waals surface area contributed by atoms with Gasteiger partial charge in [-0.15, -0.1) is 0 Å². The van der Waals surface area contributed by atoms with E-state index in [2.05, 4.69) is 26.1 Å². The van der Waals surface area contributed by atoms with Crippen LogP contribution in [0.5, 0.6) is 0 Å². The van der Waals surface area contributed by atoms with Crippen LogP contribution in [-0.2, 0) is 0 Å². The van der Waals surface area contributed by atoms with Gasteiger partial charge in [0.25, 0.3) is 0 Å². The zero-order chi connectivity index (χ0) is 13.8. The van der Waals surface area contributed by atoms with E-state index in [1.54, 1.807) is 6.07 Å². The summed E-state index contributed by atoms with van der Waals surface area (Å²) in [5.41, 5.74) is 7.61. The van der Waals surface area contributed by atoms with Crippen molar-refractivity contribution in [2.24, 2.45) is 16.7 Å². The molecular formula is C16H23FN2. The summed E-state index contributed by atoms with van der Waals surface area (Å²) in [6.45, 7) is 7.03. The van der Waals surface area contributed by atoms with E-state index < -0.39 is 0 Å². The number of halogens is 1. The fourth-order valence-electron chi connectivity index (χ4n) is 4.52. The molecule has 0 heterocycles. The van der Waals surface area contributed by atoms with Gasteiger partial charge in [-0.05, 0) is 54.2 Å². The highest BCUT2D eigenvalue weighted by Crippen LogP contribution is 2.63. The number of hydrogen-bond donors (Lipinski definition) is 2. The van der Waals surface area contributed by atoms with Gasteiger partial charge in [0, 0.05) is 17.4 Å². The van der Waals surface area contributed by atoms with Crippen LogP contribution in [0.15, 0.2) is 18.2 Å². The van der Waals surface area contributed by atoms with E-state index >= 15 is 0 Å². The van der Waals surface area contributed by atoms with Crippen LogP contribution >= 0.6 is 0 Å². The molecule has 0 amide bonds. The van der Waals surface area contributed by atoms with E-state index in [-0.39, 0.29) is 11.2 Å². The number of nitrogen functional groups attached to an aromatic ring is 1. The van der Waals surface area contributed by atoms with Gasteiger partial charge < -0.3 is 11.1 Å². The number of nitrogens with two attached hydrogens (primary N) is 1. The number of rotatable bonds is 2. The molecular weight excluding hydrogens is 239 g/mol. The first-order valence-electron chi connectivity index (χ1n) is 7.14. The average Bonchev–Trinajstić information content (AvgIpc) is 2.74. The average molecular weight is 262 g/mol. The minimum Gasteiger partial charge on any atom is -0.399 e. The van der Waals surface area contributed by atoms with Crippen molar-refractivity contribution < 1.29 is 4.39 Å². The fraction of sp³-hybridized carbons (Fsp3) is 0.625. The van der Waals surface area contributed by atoms with Gasteiger partial charge in [0.2, 0.25) is 0 Å². The smallest absolute Gasteiger partial charge is 0.127 e. The second-order valence-electron chi connectivity index (χ2n) is 7.27. The van der Waals surface area contributed by atoms with Crippen LogP contribution in [0, 0.1) is 22.6 Å². The Morgan fingerprint density at radius 1 is 1.26 bits per heavy atom. The predicted octanol–water partition coefficient (Wildman–Crippen LogP) is 4.03. The van der Waals surface area contributed by atoms with Crippen molar-refractivity contribution in [2.45, 2.75) is 46.1 Å². The molecule has 0 saturated heterocycles. The molecule has 2 aliphatic carbocycles. The third kappa shape index (κ3) is 1.90. The SMILES string of the molecule is CC12CCC(C1)C(C)(C)C2Nc1cc(N)cc(F)c1. The number of nitrogens with one attached hydrogen (secondary N) is 1. The molecule has 2 saturated carbocycles. The monoisotopic (exact) mass is 262 g/mol. The topological polar surface area (TPSA) is 38.0 Å². The van der Waals surface area contributed by atoms with E-state index in [1.807, 2.05) is 6.07 Å². The fourth-order valence-corrected chi connectivity index (χ4v) is 4.52. The molecule has 19 heavy (non-hydrogen) atoms. The standard InChI is InChI=1S/C16H23FN2/c1-15(2)10-4-5-16(3,9-10)14(15)19-13-7-11(17)6-12(18)8-13/h6-8,10,14,19H,4-5,9,18H2,1-3H3. The van der Waals surface area contributed by atoms with Crippen LogP contribution in [0.1, 0.15) is 40.0 Å². The van der Waals surface area contributed by atoms with Crippen LogP contribution in [0.3, 0.4) is 0 Å². The Morgan fingerprint density at radius 2 is 2.00 bits per heavy atom. The molecule has 3 unspecified atom stereocenters. The van der Waals surface area contributed by atoms with Crippen LogP contribution in [0.25, 0.3) is 0 Å². The van der Waals surface area contributed by atoms with Crippen molar-refractivity contribution in [2.75, 3.05) is 11.1 Å². The summed E-state index contributed by atoms with van der Waals surface area (Å²) in [5, 5.41) is 3.56. The molecule has 3 rings (SSSR count). The summed E-state index contributed by atoms with van der Waals surface area (Å²) in [4.78, 5) is 0. The summed E-state index contributed by atoms with van der Waals surface area (Å²) in [6, 6.07) is 5.12. The van der Waals surface area contributed by atoms with Crippen LogP contribution in [0.4, 0.5) is 15.8 Å². The van der Waals surface area contributed by atoms with Crippen LogP contribution < -0.4 is 11.1 Å². The second kappa shape index (κ2) is 3.87. The maximum Gasteiger partial charge on any atom is 0.127 e. The van der Waals surface area contributed by atoms with E-state index in [9.17, 15) is 4.39 Å². The minimum absolute atomic E-state index is 0.258. The molecule has 0 aliphatic heterocycles. The molecule has 2 fully saturated rings. The van der Waals surface area contributed by atoms with Crippen molar-refractivity contribution in [3.63, 3.8) is 0 Å². The van der Waals surface area contributed by atoms with Gasteiger partial charge in [0.1, 0.15) is 5.82 Å². The first-order valence-corrected chi connectivity index (χ1v) is 7.14. The van der Waals surface area contributed by atoms with E-state index in [4.69, 9.17) is 5.73 Å². The van der Waals surface area contributed by atoms with Crippen LogP contribution in [-0.4, -0.2) is 6.04 Å². The Hall–Kier alpha value is -1.25. The Labute approximate surface area is 114 Å². The molecule has 2 aliphatic rings. The molecule has 1 aromatic rings. The molecule has 0 aromatic heterocycles. The molecule has 3 atom stereocenters. The van der Waals surface area contributed by atoms with Crippen molar-refractivity contribution in [3.8, 4) is 0 Å². The summed E-state index contributed by atoms with van der Waals surface area (Å²) in [7, 11) is 0. The van der Waals surface area contributed by atoms with Crippen molar-refractivity contribution >= 4 is 11.4 Å². The van der Waals surface area contributed by atoms with Gasteiger partial charge in [-0.1, -0.05) is 20.8 Å². The first kappa shape index (κ1) is 12.8. The Kier molecular flexibility index (Phi) is 2.60. The number of fused-ring (bicyclic) bond motifs is 2. The summed E-state index contributed by atoms with van der Waals surface area (Å²) in [6.07, 6.45) is 3.87. The lowest BCUT2D eigenvalue weighted by Gasteiger charge is -2.43. The molecule has 3 N–H and O–H groups in total. The van der Waals surface area contributed by atoms with Crippen molar-refractivity contribution in [3.05, 3.63) is 24.0 Å². The van der Waals surface area contributed by atoms with E-state index in [0.717, 1.165) is 11.6 Å². The van der Waals surface area contributed by atoms with Gasteiger partial charge in [-0.3, -0.25) is 0 Å². The number of anilines is 2. The maximum atomic E-state index is 13.5. The first-order chi connectivity index (χ1) is 8.81. The van der Waals surface area contributed by atoms with E-state index in [0.29, 0.717) is 17.1 Å². The van der Waals surface area contributed by atoms with Gasteiger partial charge in [0.15, 0.2) is 0 Å². The van der Waals surface area contributed by atoms with E-state index in [1.165, 1.54) is 25.3 Å². The number of benzene rings is 1. The van der Waals surface area contributed by atoms with Gasteiger partial charge >= 0.3 is 0 Å². The molecule has 2 nitrogen and oxygen atoms in total. The lowest BCUT2D eigenvalue weighted by Crippen LogP contribution is -2.45. The van der Waals surface area contributed by atoms with Crippen LogP contribution in [0.2, 0.25) is 0 Å². The molecule has 3 heteroatoms. The Bertz CT molecular complexity index is 486. The number of hydrogen-bond acceptors (Lipinski definition) is 2. The molecule has 2 bridgehead atoms. The second-order valence-corrected chi connectivity index (χ2v) is 7.27. The minimum atomic E-state index is -0.270. The summed E-state index contributed by atoms with van der Waals surface area (Å²) < 4.78 is 13.5. The molecule has 0 spiro atoms. The van der Waals surface area contributed by atoms with Gasteiger partial charge in [-0.25, -0.2) is 4.39 Å². The van der Waals surface area contributed by atoms with Gasteiger partial charge in [0.05, 0.1) is 0 Å². The lowest BCUT2D eigenvalue weighted by atomic mass is 9.68. The van der Waals surface area contributed by atoms with Gasteiger partial charge in [-0.2, -0.15) is 0 Å². The third-order valence-corrected chi connectivity index (χ3v) is 5.50. The quantitative estimate of drug-likeness (QED) is 0.790. The molecule has 1 aromatic carbocycles. The summed E-state index contributed by atoms with van der Waals surface area (Å²) in [5.74, 6) is 0.509. The lowest BCUT2D eigenvalue weighted by molar-refractivity contribution is 0.155. The molecule has 104 valence electrons. The largest absolute Gasteiger partial charge is 0.399 e. The Balaban J connectivity index is 1.90. The zero-order valence-electron chi connectivity index (χ0n) is 12.0. The normalized spacial score (nSPS) is 35.6. The molecule has 0 radical (unpaired) electrons. The highest BCUT2D eigenvalue weighted by molar-refractivity contribution is 5.55.